The van der Waals surface area contributed by atoms with Crippen LogP contribution in [0.2, 0.25) is 0 Å². The molecule has 0 atom stereocenters. The number of hydrogen-bond acceptors (Lipinski definition) is 2. The molecule has 0 spiro atoms. The number of rotatable bonds is 1. The van der Waals surface area contributed by atoms with Gasteiger partial charge in [0, 0.05) is 4.90 Å². The second-order valence-electron chi connectivity index (χ2n) is 6.52. The Labute approximate surface area is 122 Å². The number of carbonyl (C=O) groups excluding carboxylic acids is 1. The Hall–Kier alpha value is -0.960. The topological polar surface area (TPSA) is 43.1 Å². The zero-order valence-corrected chi connectivity index (χ0v) is 14.0. The minimum Gasteiger partial charge on any atom is -0.372 e. The van der Waals surface area contributed by atoms with Crippen LogP contribution < -0.4 is 5.73 Å². The Bertz CT molecular complexity index is 381. The van der Waals surface area contributed by atoms with Gasteiger partial charge in [0.25, 0.3) is 0 Å². The molecule has 0 heterocycles. The summed E-state index contributed by atoms with van der Waals surface area (Å²) in [5.41, 5.74) is 7.54. The molecule has 0 unspecified atom stereocenters. The summed E-state index contributed by atoms with van der Waals surface area (Å²) in [4.78, 5) is 10.0. The highest BCUT2D eigenvalue weighted by molar-refractivity contribution is 7.98. The third-order valence-corrected chi connectivity index (χ3v) is 3.68. The number of carbonyl (C=O) groups is 1. The summed E-state index contributed by atoms with van der Waals surface area (Å²) in [6, 6.07) is 6.73. The van der Waals surface area contributed by atoms with Crippen LogP contribution in [0.5, 0.6) is 0 Å². The third kappa shape index (κ3) is 5.27. The molecule has 0 bridgehead atoms. The molecule has 3 heteroatoms. The van der Waals surface area contributed by atoms with E-state index >= 15 is 0 Å². The quantitative estimate of drug-likeness (QED) is 0.622. The average Bonchev–Trinajstić information content (AvgIpc) is 2.26. The van der Waals surface area contributed by atoms with Gasteiger partial charge in [0.15, 0.2) is 0 Å². The first-order chi connectivity index (χ1) is 8.59. The maximum atomic E-state index is 8.58. The van der Waals surface area contributed by atoms with Crippen LogP contribution in [-0.4, -0.2) is 12.7 Å². The fourth-order valence-electron chi connectivity index (χ4n) is 1.94. The van der Waals surface area contributed by atoms with Crippen LogP contribution in [0.1, 0.15) is 52.7 Å². The zero-order valence-electron chi connectivity index (χ0n) is 13.2. The first kappa shape index (κ1) is 18.0. The van der Waals surface area contributed by atoms with Crippen LogP contribution in [0.25, 0.3) is 0 Å². The third-order valence-electron chi connectivity index (χ3n) is 2.84. The predicted molar refractivity (Wildman–Crippen MR) is 85.9 cm³/mol. The lowest BCUT2D eigenvalue weighted by Gasteiger charge is -2.29. The van der Waals surface area contributed by atoms with E-state index in [0.29, 0.717) is 0 Å². The van der Waals surface area contributed by atoms with Crippen molar-refractivity contribution in [3.05, 3.63) is 29.3 Å². The average molecular weight is 281 g/mol. The molecule has 19 heavy (non-hydrogen) atoms. The molecule has 108 valence electrons. The SMILES string of the molecule is CSc1c(C(C)(C)C)cccc1C(C)(C)C.NC=O. The molecule has 0 aromatic heterocycles. The number of thioether (sulfide) groups is 1. The summed E-state index contributed by atoms with van der Waals surface area (Å²) in [6.45, 7) is 13.7. The number of amides is 1. The van der Waals surface area contributed by atoms with Crippen molar-refractivity contribution in [3.8, 4) is 0 Å². The van der Waals surface area contributed by atoms with E-state index in [1.165, 1.54) is 16.0 Å². The largest absolute Gasteiger partial charge is 0.372 e. The summed E-state index contributed by atoms with van der Waals surface area (Å²) in [5, 5.41) is 0. The van der Waals surface area contributed by atoms with Gasteiger partial charge in [-0.15, -0.1) is 11.8 Å². The molecule has 0 radical (unpaired) electrons. The van der Waals surface area contributed by atoms with Gasteiger partial charge < -0.3 is 5.73 Å². The lowest BCUT2D eigenvalue weighted by atomic mass is 9.80. The summed E-state index contributed by atoms with van der Waals surface area (Å²) >= 11 is 1.88. The molecule has 0 fully saturated rings. The molecule has 0 saturated carbocycles. The van der Waals surface area contributed by atoms with Gasteiger partial charge in [0.1, 0.15) is 0 Å². The second kappa shape index (κ2) is 6.99. The van der Waals surface area contributed by atoms with E-state index in [-0.39, 0.29) is 17.2 Å². The highest BCUT2D eigenvalue weighted by atomic mass is 32.2. The van der Waals surface area contributed by atoms with Crippen molar-refractivity contribution >= 4 is 18.2 Å². The van der Waals surface area contributed by atoms with Crippen LogP contribution in [0.15, 0.2) is 23.1 Å². The van der Waals surface area contributed by atoms with Crippen molar-refractivity contribution < 1.29 is 4.79 Å². The highest BCUT2D eigenvalue weighted by Gasteiger charge is 2.24. The van der Waals surface area contributed by atoms with E-state index in [1.54, 1.807) is 0 Å². The van der Waals surface area contributed by atoms with E-state index in [0.717, 1.165) is 0 Å². The minimum absolute atomic E-state index is 0.222. The van der Waals surface area contributed by atoms with Gasteiger partial charge in [-0.1, -0.05) is 59.7 Å². The zero-order chi connectivity index (χ0) is 15.3. The standard InChI is InChI=1S/C15H24S.CH3NO/c1-14(2,3)11-9-8-10-12(13(11)16-7)15(4,5)6;2-1-3/h8-10H,1-7H3;1H,(H2,2,3). The minimum atomic E-state index is 0.222. The summed E-state index contributed by atoms with van der Waals surface area (Å²) < 4.78 is 0. The Morgan fingerprint density at radius 3 is 1.53 bits per heavy atom. The van der Waals surface area contributed by atoms with Gasteiger partial charge in [-0.2, -0.15) is 0 Å². The lowest BCUT2D eigenvalue weighted by molar-refractivity contribution is -0.106. The van der Waals surface area contributed by atoms with Crippen molar-refractivity contribution in [1.82, 2.24) is 0 Å². The van der Waals surface area contributed by atoms with Gasteiger partial charge in [0.2, 0.25) is 6.41 Å². The van der Waals surface area contributed by atoms with Gasteiger partial charge in [0.05, 0.1) is 0 Å². The number of hydrogen-bond donors (Lipinski definition) is 1. The normalized spacial score (nSPS) is 11.5. The lowest BCUT2D eigenvalue weighted by Crippen LogP contribution is -2.18. The van der Waals surface area contributed by atoms with E-state index in [1.807, 2.05) is 11.8 Å². The molecule has 0 saturated heterocycles. The summed E-state index contributed by atoms with van der Waals surface area (Å²) in [5.74, 6) is 0. The molecule has 0 aliphatic heterocycles. The Morgan fingerprint density at radius 2 is 1.32 bits per heavy atom. The molecule has 2 nitrogen and oxygen atoms in total. The summed E-state index contributed by atoms with van der Waals surface area (Å²) in [7, 11) is 0. The maximum absolute atomic E-state index is 8.58. The predicted octanol–water partition coefficient (Wildman–Crippen LogP) is 4.11. The van der Waals surface area contributed by atoms with Crippen molar-refractivity contribution in [3.63, 3.8) is 0 Å². The van der Waals surface area contributed by atoms with Crippen molar-refractivity contribution in [2.24, 2.45) is 5.73 Å². The molecule has 1 aromatic carbocycles. The Balaban J connectivity index is 0.000000982. The maximum Gasteiger partial charge on any atom is 0.204 e. The van der Waals surface area contributed by atoms with Crippen LogP contribution in [-0.2, 0) is 15.6 Å². The van der Waals surface area contributed by atoms with Crippen LogP contribution in [0, 0.1) is 0 Å². The monoisotopic (exact) mass is 281 g/mol. The highest BCUT2D eigenvalue weighted by Crippen LogP contribution is 2.38. The second-order valence-corrected chi connectivity index (χ2v) is 7.34. The number of nitrogens with two attached hydrogens (primary N) is 1. The van der Waals surface area contributed by atoms with Crippen molar-refractivity contribution in [1.29, 1.82) is 0 Å². The van der Waals surface area contributed by atoms with Crippen LogP contribution in [0.4, 0.5) is 0 Å². The first-order valence-corrected chi connectivity index (χ1v) is 7.65. The fraction of sp³-hybridized carbons (Fsp3) is 0.562. The Kier molecular flexibility index (Phi) is 6.64. The summed E-state index contributed by atoms with van der Waals surface area (Å²) in [6.07, 6.45) is 2.43. The molecule has 0 aliphatic rings. The van der Waals surface area contributed by atoms with Crippen LogP contribution in [0.3, 0.4) is 0 Å². The van der Waals surface area contributed by atoms with Gasteiger partial charge in [-0.05, 0) is 28.2 Å². The molecule has 1 amide bonds. The first-order valence-electron chi connectivity index (χ1n) is 6.43. The molecule has 1 rings (SSSR count). The smallest absolute Gasteiger partial charge is 0.204 e. The molecule has 2 N–H and O–H groups in total. The van der Waals surface area contributed by atoms with E-state index in [9.17, 15) is 0 Å². The van der Waals surface area contributed by atoms with E-state index < -0.39 is 0 Å². The number of benzene rings is 1. The number of primary amides is 1. The van der Waals surface area contributed by atoms with Crippen molar-refractivity contribution in [2.75, 3.05) is 6.26 Å². The molecular weight excluding hydrogens is 254 g/mol. The van der Waals surface area contributed by atoms with Gasteiger partial charge >= 0.3 is 0 Å². The van der Waals surface area contributed by atoms with Gasteiger partial charge in [-0.25, -0.2) is 0 Å². The van der Waals surface area contributed by atoms with Gasteiger partial charge in [-0.3, -0.25) is 4.79 Å². The van der Waals surface area contributed by atoms with E-state index in [4.69, 9.17) is 4.79 Å². The van der Waals surface area contributed by atoms with Crippen LogP contribution >= 0.6 is 11.8 Å². The fourth-order valence-corrected chi connectivity index (χ4v) is 3.13. The Morgan fingerprint density at radius 1 is 1.00 bits per heavy atom. The molecular formula is C16H27NOS. The molecule has 0 aliphatic carbocycles. The van der Waals surface area contributed by atoms with Crippen molar-refractivity contribution in [2.45, 2.75) is 57.3 Å². The molecule has 1 aromatic rings. The van der Waals surface area contributed by atoms with E-state index in [2.05, 4.69) is 71.7 Å².